The van der Waals surface area contributed by atoms with Gasteiger partial charge in [0.25, 0.3) is 0 Å². The number of hydrogen-bond acceptors (Lipinski definition) is 5. The molecule has 3 aromatic rings. The zero-order valence-corrected chi connectivity index (χ0v) is 12.9. The van der Waals surface area contributed by atoms with Crippen LogP contribution >= 0.6 is 0 Å². The van der Waals surface area contributed by atoms with Crippen LogP contribution in [-0.4, -0.2) is 52.2 Å². The smallest absolute Gasteiger partial charge is 0.407 e. The number of fused-ring (bicyclic) bond motifs is 1. The van der Waals surface area contributed by atoms with Gasteiger partial charge in [-0.3, -0.25) is 0 Å². The molecule has 0 saturated carbocycles. The Labute approximate surface area is 138 Å². The van der Waals surface area contributed by atoms with Gasteiger partial charge < -0.3 is 19.3 Å². The Bertz CT molecular complexity index is 884. The second-order valence-corrected chi connectivity index (χ2v) is 5.64. The third kappa shape index (κ3) is 2.54. The van der Waals surface area contributed by atoms with Crippen LogP contribution in [0.2, 0.25) is 0 Å². The molecule has 4 rings (SSSR count). The molecular formula is C17H16N4O3. The molecule has 122 valence electrons. The quantitative estimate of drug-likeness (QED) is 0.780. The maximum atomic E-state index is 11.0. The summed E-state index contributed by atoms with van der Waals surface area (Å²) in [5, 5.41) is 10.0. The zero-order valence-electron chi connectivity index (χ0n) is 12.9. The van der Waals surface area contributed by atoms with Gasteiger partial charge in [-0.15, -0.1) is 0 Å². The average molecular weight is 324 g/mol. The summed E-state index contributed by atoms with van der Waals surface area (Å²) in [6.07, 6.45) is 2.55. The number of para-hydroxylation sites is 1. The lowest BCUT2D eigenvalue weighted by atomic mass is 10.1. The molecule has 0 aliphatic carbocycles. The Hall–Kier alpha value is -3.09. The first-order chi connectivity index (χ1) is 11.7. The number of rotatable bonds is 2. The van der Waals surface area contributed by atoms with Crippen molar-refractivity contribution in [2.45, 2.75) is 0 Å². The van der Waals surface area contributed by atoms with Crippen molar-refractivity contribution in [1.82, 2.24) is 14.9 Å². The van der Waals surface area contributed by atoms with Crippen molar-refractivity contribution in [2.75, 3.05) is 31.1 Å². The summed E-state index contributed by atoms with van der Waals surface area (Å²) in [5.74, 6) is 0.614. The maximum absolute atomic E-state index is 11.0. The number of hydrogen-bond donors (Lipinski definition) is 1. The van der Waals surface area contributed by atoms with Crippen LogP contribution in [0.1, 0.15) is 0 Å². The number of furan rings is 1. The maximum Gasteiger partial charge on any atom is 0.407 e. The van der Waals surface area contributed by atoms with E-state index in [9.17, 15) is 4.79 Å². The number of carbonyl (C=O) groups is 1. The van der Waals surface area contributed by atoms with Gasteiger partial charge in [-0.2, -0.15) is 0 Å². The molecule has 24 heavy (non-hydrogen) atoms. The molecule has 1 amide bonds. The van der Waals surface area contributed by atoms with E-state index in [1.165, 1.54) is 4.90 Å². The van der Waals surface area contributed by atoms with Crippen LogP contribution in [-0.2, 0) is 0 Å². The molecule has 0 radical (unpaired) electrons. The largest absolute Gasteiger partial charge is 0.465 e. The average Bonchev–Trinajstić information content (AvgIpc) is 3.06. The Morgan fingerprint density at radius 1 is 1.12 bits per heavy atom. The molecule has 1 N–H and O–H groups in total. The highest BCUT2D eigenvalue weighted by molar-refractivity contribution is 5.92. The van der Waals surface area contributed by atoms with Crippen LogP contribution in [0.4, 0.5) is 10.7 Å². The number of carboxylic acid groups (broad SMARTS) is 1. The van der Waals surface area contributed by atoms with E-state index in [4.69, 9.17) is 9.52 Å². The van der Waals surface area contributed by atoms with Crippen molar-refractivity contribution in [2.24, 2.45) is 0 Å². The second-order valence-electron chi connectivity index (χ2n) is 5.64. The summed E-state index contributed by atoms with van der Waals surface area (Å²) in [6.45, 7) is 2.08. The minimum Gasteiger partial charge on any atom is -0.465 e. The summed E-state index contributed by atoms with van der Waals surface area (Å²) in [6, 6.07) is 9.68. The summed E-state index contributed by atoms with van der Waals surface area (Å²) in [7, 11) is 0. The number of aromatic nitrogens is 2. The third-order valence-electron chi connectivity index (χ3n) is 4.23. The highest BCUT2D eigenvalue weighted by Gasteiger charge is 2.22. The first-order valence-electron chi connectivity index (χ1n) is 7.75. The van der Waals surface area contributed by atoms with Crippen LogP contribution in [0.15, 0.2) is 47.2 Å². The minimum atomic E-state index is -0.880. The van der Waals surface area contributed by atoms with E-state index in [0.29, 0.717) is 32.1 Å². The highest BCUT2D eigenvalue weighted by Crippen LogP contribution is 2.29. The third-order valence-corrected chi connectivity index (χ3v) is 4.23. The number of anilines is 1. The van der Waals surface area contributed by atoms with Crippen LogP contribution in [0, 0.1) is 0 Å². The second kappa shape index (κ2) is 5.84. The molecule has 0 unspecified atom stereocenters. The highest BCUT2D eigenvalue weighted by atomic mass is 16.4. The van der Waals surface area contributed by atoms with Crippen molar-refractivity contribution in [3.63, 3.8) is 0 Å². The van der Waals surface area contributed by atoms with E-state index in [1.54, 1.807) is 12.5 Å². The van der Waals surface area contributed by atoms with Gasteiger partial charge in [0.2, 0.25) is 5.95 Å². The predicted octanol–water partition coefficient (Wildman–Crippen LogP) is 2.69. The van der Waals surface area contributed by atoms with E-state index in [2.05, 4.69) is 9.97 Å². The molecule has 1 aliphatic heterocycles. The molecule has 1 aromatic carbocycles. The first-order valence-corrected chi connectivity index (χ1v) is 7.75. The minimum absolute atomic E-state index is 0.456. The molecule has 0 spiro atoms. The lowest BCUT2D eigenvalue weighted by Crippen LogP contribution is -2.48. The molecule has 1 fully saturated rings. The van der Waals surface area contributed by atoms with Gasteiger partial charge in [0, 0.05) is 43.3 Å². The Morgan fingerprint density at radius 3 is 2.71 bits per heavy atom. The standard InChI is InChI=1S/C17H16N4O3/c22-17(23)21-9-7-20(8-10-21)16-18-6-5-14(19-16)13-11-24-15-4-2-1-3-12(13)15/h1-6,11H,7-10H2,(H,22,23). The van der Waals surface area contributed by atoms with Crippen molar-refractivity contribution < 1.29 is 14.3 Å². The van der Waals surface area contributed by atoms with E-state index in [0.717, 1.165) is 22.2 Å². The molecule has 2 aromatic heterocycles. The number of amides is 1. The van der Waals surface area contributed by atoms with E-state index in [1.807, 2.05) is 35.2 Å². The first kappa shape index (κ1) is 14.5. The Kier molecular flexibility index (Phi) is 3.53. The summed E-state index contributed by atoms with van der Waals surface area (Å²) in [4.78, 5) is 23.4. The van der Waals surface area contributed by atoms with Crippen molar-refractivity contribution >= 4 is 23.0 Å². The SMILES string of the molecule is O=C(O)N1CCN(c2nccc(-c3coc4ccccc34)n2)CC1. The topological polar surface area (TPSA) is 82.7 Å². The molecule has 0 bridgehead atoms. The van der Waals surface area contributed by atoms with Gasteiger partial charge in [-0.05, 0) is 12.1 Å². The summed E-state index contributed by atoms with van der Waals surface area (Å²) >= 11 is 0. The fraction of sp³-hybridized carbons (Fsp3) is 0.235. The van der Waals surface area contributed by atoms with Crippen LogP contribution < -0.4 is 4.90 Å². The molecule has 1 aliphatic rings. The molecular weight excluding hydrogens is 308 g/mol. The van der Waals surface area contributed by atoms with E-state index in [-0.39, 0.29) is 0 Å². The summed E-state index contributed by atoms with van der Waals surface area (Å²) < 4.78 is 5.58. The van der Waals surface area contributed by atoms with Gasteiger partial charge in [0.05, 0.1) is 5.69 Å². The van der Waals surface area contributed by atoms with Crippen molar-refractivity contribution in [1.29, 1.82) is 0 Å². The number of nitrogens with zero attached hydrogens (tertiary/aromatic N) is 4. The van der Waals surface area contributed by atoms with Gasteiger partial charge in [-0.25, -0.2) is 14.8 Å². The zero-order chi connectivity index (χ0) is 16.5. The van der Waals surface area contributed by atoms with Crippen LogP contribution in [0.5, 0.6) is 0 Å². The fourth-order valence-corrected chi connectivity index (χ4v) is 2.92. The van der Waals surface area contributed by atoms with Crippen LogP contribution in [0.25, 0.3) is 22.2 Å². The van der Waals surface area contributed by atoms with Gasteiger partial charge in [0.1, 0.15) is 11.8 Å². The summed E-state index contributed by atoms with van der Waals surface area (Å²) in [5.41, 5.74) is 2.55. The number of piperazine rings is 1. The molecule has 1 saturated heterocycles. The van der Waals surface area contributed by atoms with E-state index < -0.39 is 6.09 Å². The monoisotopic (exact) mass is 324 g/mol. The molecule has 0 atom stereocenters. The lowest BCUT2D eigenvalue weighted by molar-refractivity contribution is 0.142. The van der Waals surface area contributed by atoms with Gasteiger partial charge in [0.15, 0.2) is 0 Å². The fourth-order valence-electron chi connectivity index (χ4n) is 2.92. The van der Waals surface area contributed by atoms with Gasteiger partial charge >= 0.3 is 6.09 Å². The Balaban J connectivity index is 1.62. The van der Waals surface area contributed by atoms with Crippen LogP contribution in [0.3, 0.4) is 0 Å². The molecule has 7 heteroatoms. The van der Waals surface area contributed by atoms with Crippen molar-refractivity contribution in [3.05, 3.63) is 42.8 Å². The lowest BCUT2D eigenvalue weighted by Gasteiger charge is -2.33. The van der Waals surface area contributed by atoms with E-state index >= 15 is 0 Å². The number of benzene rings is 1. The van der Waals surface area contributed by atoms with Crippen molar-refractivity contribution in [3.8, 4) is 11.3 Å². The molecule has 3 heterocycles. The molecule has 7 nitrogen and oxygen atoms in total. The van der Waals surface area contributed by atoms with Gasteiger partial charge in [-0.1, -0.05) is 18.2 Å². The Morgan fingerprint density at radius 2 is 1.92 bits per heavy atom. The predicted molar refractivity (Wildman–Crippen MR) is 89.1 cm³/mol. The normalized spacial score (nSPS) is 15.0.